The fraction of sp³-hybridized carbons (Fsp3) is 0.600. The molecule has 16 heavy (non-hydrogen) atoms. The van der Waals surface area contributed by atoms with E-state index in [-0.39, 0.29) is 0 Å². The van der Waals surface area contributed by atoms with Crippen LogP contribution in [-0.2, 0) is 0 Å². The van der Waals surface area contributed by atoms with Gasteiger partial charge < -0.3 is 5.32 Å². The minimum Gasteiger partial charge on any atom is -0.310 e. The Labute approximate surface area is 100 Å². The summed E-state index contributed by atoms with van der Waals surface area (Å²) in [5.74, 6) is 0. The first-order valence-electron chi connectivity index (χ1n) is 6.63. The van der Waals surface area contributed by atoms with Gasteiger partial charge in [0.1, 0.15) is 0 Å². The first-order chi connectivity index (χ1) is 7.84. The van der Waals surface area contributed by atoms with E-state index in [4.69, 9.17) is 0 Å². The predicted octanol–water partition coefficient (Wildman–Crippen LogP) is 4.31. The van der Waals surface area contributed by atoms with E-state index in [2.05, 4.69) is 49.5 Å². The van der Waals surface area contributed by atoms with Gasteiger partial charge in [-0.15, -0.1) is 0 Å². The van der Waals surface area contributed by atoms with Crippen LogP contribution < -0.4 is 5.32 Å². The van der Waals surface area contributed by atoms with Crippen LogP contribution in [0.4, 0.5) is 0 Å². The summed E-state index contributed by atoms with van der Waals surface area (Å²) in [6.07, 6.45) is 6.76. The Morgan fingerprint density at radius 3 is 2.38 bits per heavy atom. The third kappa shape index (κ3) is 5.32. The van der Waals surface area contributed by atoms with E-state index in [0.29, 0.717) is 6.04 Å². The largest absolute Gasteiger partial charge is 0.310 e. The SMILES string of the molecule is CCCCCCCN[C@H](C)c1ccccc1. The smallest absolute Gasteiger partial charge is 0.0291 e. The molecule has 1 heteroatoms. The van der Waals surface area contributed by atoms with Crippen LogP contribution in [-0.4, -0.2) is 6.54 Å². The normalized spacial score (nSPS) is 12.6. The molecule has 0 bridgehead atoms. The maximum absolute atomic E-state index is 3.58. The number of rotatable bonds is 8. The Hall–Kier alpha value is -0.820. The molecule has 0 aliphatic rings. The lowest BCUT2D eigenvalue weighted by atomic mass is 10.1. The van der Waals surface area contributed by atoms with Crippen molar-refractivity contribution in [2.45, 2.75) is 52.0 Å². The van der Waals surface area contributed by atoms with E-state index < -0.39 is 0 Å². The van der Waals surface area contributed by atoms with Gasteiger partial charge in [0.05, 0.1) is 0 Å². The molecule has 0 saturated carbocycles. The summed E-state index contributed by atoms with van der Waals surface area (Å²) >= 11 is 0. The Morgan fingerprint density at radius 2 is 1.69 bits per heavy atom. The zero-order valence-corrected chi connectivity index (χ0v) is 10.7. The van der Waals surface area contributed by atoms with Crippen LogP contribution in [0.5, 0.6) is 0 Å². The molecule has 1 atom stereocenters. The van der Waals surface area contributed by atoms with Gasteiger partial charge in [-0.3, -0.25) is 0 Å². The molecule has 90 valence electrons. The summed E-state index contributed by atoms with van der Waals surface area (Å²) in [6.45, 7) is 5.64. The molecule has 1 rings (SSSR count). The Kier molecular flexibility index (Phi) is 6.91. The van der Waals surface area contributed by atoms with Crippen LogP contribution in [0, 0.1) is 0 Å². The lowest BCUT2D eigenvalue weighted by Crippen LogP contribution is -2.19. The van der Waals surface area contributed by atoms with Gasteiger partial charge in [-0.05, 0) is 25.5 Å². The van der Waals surface area contributed by atoms with Crippen molar-refractivity contribution < 1.29 is 0 Å². The summed E-state index contributed by atoms with van der Waals surface area (Å²) in [6, 6.07) is 11.1. The summed E-state index contributed by atoms with van der Waals surface area (Å²) in [4.78, 5) is 0. The third-order valence-electron chi connectivity index (χ3n) is 3.03. The molecule has 0 heterocycles. The van der Waals surface area contributed by atoms with E-state index in [1.54, 1.807) is 0 Å². The summed E-state index contributed by atoms with van der Waals surface area (Å²) in [7, 11) is 0. The van der Waals surface area contributed by atoms with Crippen molar-refractivity contribution in [3.63, 3.8) is 0 Å². The van der Waals surface area contributed by atoms with Crippen LogP contribution in [0.15, 0.2) is 30.3 Å². The zero-order chi connectivity index (χ0) is 11.6. The lowest BCUT2D eigenvalue weighted by molar-refractivity contribution is 0.531. The molecule has 0 radical (unpaired) electrons. The Balaban J connectivity index is 2.09. The predicted molar refractivity (Wildman–Crippen MR) is 71.6 cm³/mol. The van der Waals surface area contributed by atoms with E-state index >= 15 is 0 Å². The van der Waals surface area contributed by atoms with Gasteiger partial charge in [0.25, 0.3) is 0 Å². The molecule has 1 nitrogen and oxygen atoms in total. The first-order valence-corrected chi connectivity index (χ1v) is 6.63. The van der Waals surface area contributed by atoms with Gasteiger partial charge >= 0.3 is 0 Å². The second kappa shape index (κ2) is 8.35. The van der Waals surface area contributed by atoms with Crippen molar-refractivity contribution in [1.29, 1.82) is 0 Å². The van der Waals surface area contributed by atoms with Crippen molar-refractivity contribution in [2.24, 2.45) is 0 Å². The quantitative estimate of drug-likeness (QED) is 0.642. The molecular weight excluding hydrogens is 194 g/mol. The Morgan fingerprint density at radius 1 is 1.00 bits per heavy atom. The van der Waals surface area contributed by atoms with Gasteiger partial charge in [0, 0.05) is 6.04 Å². The van der Waals surface area contributed by atoms with Gasteiger partial charge in [-0.1, -0.05) is 62.9 Å². The maximum atomic E-state index is 3.58. The summed E-state index contributed by atoms with van der Waals surface area (Å²) < 4.78 is 0. The zero-order valence-electron chi connectivity index (χ0n) is 10.7. The number of benzene rings is 1. The fourth-order valence-corrected chi connectivity index (χ4v) is 1.91. The summed E-state index contributed by atoms with van der Waals surface area (Å²) in [5, 5.41) is 3.58. The maximum Gasteiger partial charge on any atom is 0.0291 e. The minimum absolute atomic E-state index is 0.479. The molecule has 0 aliphatic carbocycles. The number of hydrogen-bond acceptors (Lipinski definition) is 1. The van der Waals surface area contributed by atoms with Gasteiger partial charge in [0.15, 0.2) is 0 Å². The number of unbranched alkanes of at least 4 members (excludes halogenated alkanes) is 4. The number of hydrogen-bond donors (Lipinski definition) is 1. The fourth-order valence-electron chi connectivity index (χ4n) is 1.91. The monoisotopic (exact) mass is 219 g/mol. The van der Waals surface area contributed by atoms with Crippen molar-refractivity contribution in [1.82, 2.24) is 5.32 Å². The molecule has 0 aliphatic heterocycles. The van der Waals surface area contributed by atoms with E-state index in [1.807, 2.05) is 0 Å². The van der Waals surface area contributed by atoms with Crippen LogP contribution in [0.1, 0.15) is 57.6 Å². The van der Waals surface area contributed by atoms with Gasteiger partial charge in [-0.2, -0.15) is 0 Å². The molecule has 1 aromatic rings. The summed E-state index contributed by atoms with van der Waals surface area (Å²) in [5.41, 5.74) is 1.39. The molecule has 0 fully saturated rings. The van der Waals surface area contributed by atoms with Gasteiger partial charge in [-0.25, -0.2) is 0 Å². The van der Waals surface area contributed by atoms with Crippen molar-refractivity contribution in [2.75, 3.05) is 6.54 Å². The third-order valence-corrected chi connectivity index (χ3v) is 3.03. The second-order valence-corrected chi connectivity index (χ2v) is 4.50. The van der Waals surface area contributed by atoms with Crippen LogP contribution in [0.25, 0.3) is 0 Å². The molecule has 1 aromatic carbocycles. The highest BCUT2D eigenvalue weighted by molar-refractivity contribution is 5.17. The highest BCUT2D eigenvalue weighted by Gasteiger charge is 2.02. The van der Waals surface area contributed by atoms with Gasteiger partial charge in [0.2, 0.25) is 0 Å². The Bertz CT molecular complexity index is 255. The van der Waals surface area contributed by atoms with Crippen LogP contribution in [0.3, 0.4) is 0 Å². The average Bonchev–Trinajstić information content (AvgIpc) is 2.34. The van der Waals surface area contributed by atoms with E-state index in [1.165, 1.54) is 37.7 Å². The van der Waals surface area contributed by atoms with Crippen molar-refractivity contribution >= 4 is 0 Å². The average molecular weight is 219 g/mol. The molecule has 0 aromatic heterocycles. The minimum atomic E-state index is 0.479. The molecule has 0 unspecified atom stereocenters. The van der Waals surface area contributed by atoms with Crippen molar-refractivity contribution in [3.8, 4) is 0 Å². The highest BCUT2D eigenvalue weighted by Crippen LogP contribution is 2.11. The molecule has 0 spiro atoms. The standard InChI is InChI=1S/C15H25N/c1-3-4-5-6-10-13-16-14(2)15-11-8-7-9-12-15/h7-9,11-12,14,16H,3-6,10,13H2,1-2H3/t14-/m1/s1. The topological polar surface area (TPSA) is 12.0 Å². The molecule has 0 saturated heterocycles. The van der Waals surface area contributed by atoms with E-state index in [0.717, 1.165) is 6.54 Å². The molecule has 1 N–H and O–H groups in total. The lowest BCUT2D eigenvalue weighted by Gasteiger charge is -2.13. The van der Waals surface area contributed by atoms with Crippen molar-refractivity contribution in [3.05, 3.63) is 35.9 Å². The van der Waals surface area contributed by atoms with Crippen LogP contribution >= 0.6 is 0 Å². The van der Waals surface area contributed by atoms with E-state index in [9.17, 15) is 0 Å². The first kappa shape index (κ1) is 13.2. The highest BCUT2D eigenvalue weighted by atomic mass is 14.9. The van der Waals surface area contributed by atoms with Crippen LogP contribution in [0.2, 0.25) is 0 Å². The second-order valence-electron chi connectivity index (χ2n) is 4.50. The molecule has 0 amide bonds. The molecular formula is C15H25N. The number of nitrogens with one attached hydrogen (secondary N) is 1.